The Kier molecular flexibility index (Phi) is 3.96. The molecule has 0 radical (unpaired) electrons. The fourth-order valence-corrected chi connectivity index (χ4v) is 2.57. The Bertz CT molecular complexity index is 664. The van der Waals surface area contributed by atoms with Crippen molar-refractivity contribution in [2.75, 3.05) is 12.1 Å². The van der Waals surface area contributed by atoms with Crippen LogP contribution in [0.1, 0.15) is 5.56 Å². The molecule has 0 fully saturated rings. The van der Waals surface area contributed by atoms with Crippen LogP contribution in [0.25, 0.3) is 0 Å². The van der Waals surface area contributed by atoms with Gasteiger partial charge in [0.1, 0.15) is 0 Å². The van der Waals surface area contributed by atoms with Gasteiger partial charge in [-0.2, -0.15) is 0 Å². The third-order valence-electron chi connectivity index (χ3n) is 2.93. The van der Waals surface area contributed by atoms with E-state index in [-0.39, 0.29) is 6.79 Å². The summed E-state index contributed by atoms with van der Waals surface area (Å²) in [5.41, 5.74) is 1.86. The lowest BCUT2D eigenvalue weighted by atomic mass is 10.2. The minimum Gasteiger partial charge on any atom is -0.454 e. The van der Waals surface area contributed by atoms with Gasteiger partial charge in [0.15, 0.2) is 11.5 Å². The summed E-state index contributed by atoms with van der Waals surface area (Å²) in [5, 5.41) is 4.54. The summed E-state index contributed by atoms with van der Waals surface area (Å²) < 4.78 is 11.5. The number of rotatable bonds is 3. The molecule has 1 aliphatic rings. The number of halogens is 3. The summed E-state index contributed by atoms with van der Waals surface area (Å²) in [6.45, 7) is 0.851. The van der Waals surface area contributed by atoms with Gasteiger partial charge >= 0.3 is 0 Å². The molecule has 0 aromatic heterocycles. The van der Waals surface area contributed by atoms with E-state index in [2.05, 4.69) is 21.2 Å². The van der Waals surface area contributed by atoms with Crippen molar-refractivity contribution in [2.45, 2.75) is 6.54 Å². The highest BCUT2D eigenvalue weighted by Gasteiger charge is 2.16. The van der Waals surface area contributed by atoms with Crippen molar-refractivity contribution in [2.24, 2.45) is 0 Å². The number of benzene rings is 2. The van der Waals surface area contributed by atoms with Crippen LogP contribution in [0.2, 0.25) is 10.0 Å². The van der Waals surface area contributed by atoms with Gasteiger partial charge in [-0.1, -0.05) is 29.3 Å². The number of anilines is 1. The highest BCUT2D eigenvalue weighted by Crippen LogP contribution is 2.39. The molecule has 2 aromatic carbocycles. The van der Waals surface area contributed by atoms with Crippen molar-refractivity contribution in [1.29, 1.82) is 0 Å². The average molecular weight is 375 g/mol. The summed E-state index contributed by atoms with van der Waals surface area (Å²) in [4.78, 5) is 0. The zero-order valence-corrected chi connectivity index (χ0v) is 13.3. The van der Waals surface area contributed by atoms with Gasteiger partial charge in [0.05, 0.1) is 15.7 Å². The van der Waals surface area contributed by atoms with E-state index in [1.54, 1.807) is 6.07 Å². The van der Waals surface area contributed by atoms with Gasteiger partial charge in [-0.25, -0.2) is 0 Å². The molecule has 104 valence electrons. The predicted octanol–water partition coefficient (Wildman–Crippen LogP) is 5.10. The molecule has 3 nitrogen and oxygen atoms in total. The molecule has 0 amide bonds. The maximum atomic E-state index is 6.20. The molecule has 6 heteroatoms. The molecule has 2 aromatic rings. The highest BCUT2D eigenvalue weighted by molar-refractivity contribution is 9.10. The molecule has 3 rings (SSSR count). The van der Waals surface area contributed by atoms with E-state index < -0.39 is 0 Å². The largest absolute Gasteiger partial charge is 0.454 e. The van der Waals surface area contributed by atoms with Gasteiger partial charge in [-0.15, -0.1) is 0 Å². The fraction of sp³-hybridized carbons (Fsp3) is 0.143. The first-order valence-electron chi connectivity index (χ1n) is 5.90. The van der Waals surface area contributed by atoms with Gasteiger partial charge in [-0.3, -0.25) is 0 Å². The standard InChI is InChI=1S/C14H10BrCl2NO2/c15-9-2-1-8(3-10(9)16)6-18-12-5-14-13(4-11(12)17)19-7-20-14/h1-5,18H,6-7H2. The minimum atomic E-state index is 0.234. The molecule has 0 atom stereocenters. The van der Waals surface area contributed by atoms with Crippen LogP contribution in [0.5, 0.6) is 11.5 Å². The van der Waals surface area contributed by atoms with Crippen LogP contribution in [0.4, 0.5) is 5.69 Å². The first-order valence-corrected chi connectivity index (χ1v) is 7.45. The Morgan fingerprint density at radius 3 is 2.55 bits per heavy atom. The quantitative estimate of drug-likeness (QED) is 0.810. The molecule has 0 saturated carbocycles. The van der Waals surface area contributed by atoms with Crippen molar-refractivity contribution in [3.8, 4) is 11.5 Å². The summed E-state index contributed by atoms with van der Waals surface area (Å²) in [7, 11) is 0. The lowest BCUT2D eigenvalue weighted by Gasteiger charge is -2.10. The normalized spacial score (nSPS) is 12.6. The average Bonchev–Trinajstić information content (AvgIpc) is 2.87. The highest BCUT2D eigenvalue weighted by atomic mass is 79.9. The van der Waals surface area contributed by atoms with Crippen LogP contribution >= 0.6 is 39.1 Å². The number of ether oxygens (including phenoxy) is 2. The number of hydrogen-bond donors (Lipinski definition) is 1. The van der Waals surface area contributed by atoms with Crippen LogP contribution < -0.4 is 14.8 Å². The van der Waals surface area contributed by atoms with Gasteiger partial charge in [-0.05, 0) is 33.6 Å². The molecule has 1 aliphatic heterocycles. The molecular formula is C14H10BrCl2NO2. The maximum Gasteiger partial charge on any atom is 0.231 e. The number of nitrogens with one attached hydrogen (secondary N) is 1. The minimum absolute atomic E-state index is 0.234. The van der Waals surface area contributed by atoms with E-state index in [4.69, 9.17) is 32.7 Å². The van der Waals surface area contributed by atoms with Crippen LogP contribution in [-0.2, 0) is 6.54 Å². The molecule has 1 heterocycles. The molecule has 0 unspecified atom stereocenters. The third-order valence-corrected chi connectivity index (χ3v) is 4.47. The molecule has 20 heavy (non-hydrogen) atoms. The predicted molar refractivity (Wildman–Crippen MR) is 84.1 cm³/mol. The summed E-state index contributed by atoms with van der Waals surface area (Å²) in [6.07, 6.45) is 0. The Morgan fingerprint density at radius 2 is 1.80 bits per heavy atom. The lowest BCUT2D eigenvalue weighted by molar-refractivity contribution is 0.174. The second-order valence-electron chi connectivity index (χ2n) is 4.29. The van der Waals surface area contributed by atoms with Crippen molar-refractivity contribution in [3.05, 3.63) is 50.4 Å². The Balaban J connectivity index is 1.76. The van der Waals surface area contributed by atoms with Crippen LogP contribution in [0, 0.1) is 0 Å². The molecular weight excluding hydrogens is 365 g/mol. The van der Waals surface area contributed by atoms with E-state index in [9.17, 15) is 0 Å². The van der Waals surface area contributed by atoms with Gasteiger partial charge in [0, 0.05) is 23.2 Å². The van der Waals surface area contributed by atoms with Gasteiger partial charge < -0.3 is 14.8 Å². The van der Waals surface area contributed by atoms with Crippen molar-refractivity contribution in [1.82, 2.24) is 0 Å². The van der Waals surface area contributed by atoms with E-state index in [0.29, 0.717) is 28.1 Å². The molecule has 0 bridgehead atoms. The van der Waals surface area contributed by atoms with Gasteiger partial charge in [0.25, 0.3) is 0 Å². The van der Waals surface area contributed by atoms with Crippen molar-refractivity contribution >= 4 is 44.8 Å². The Hall–Kier alpha value is -1.10. The SMILES string of the molecule is Clc1cc(CNc2cc3c(cc2Cl)OCO3)ccc1Br. The summed E-state index contributed by atoms with van der Waals surface area (Å²) >= 11 is 15.6. The molecule has 0 saturated heterocycles. The zero-order chi connectivity index (χ0) is 14.1. The molecule has 0 spiro atoms. The summed E-state index contributed by atoms with van der Waals surface area (Å²) in [5.74, 6) is 1.37. The number of hydrogen-bond acceptors (Lipinski definition) is 3. The third kappa shape index (κ3) is 2.82. The van der Waals surface area contributed by atoms with E-state index in [1.807, 2.05) is 24.3 Å². The smallest absolute Gasteiger partial charge is 0.231 e. The topological polar surface area (TPSA) is 30.5 Å². The molecule has 1 N–H and O–H groups in total. The Labute approximate surface area is 134 Å². The van der Waals surface area contributed by atoms with E-state index in [1.165, 1.54) is 0 Å². The lowest BCUT2D eigenvalue weighted by Crippen LogP contribution is -2.00. The second-order valence-corrected chi connectivity index (χ2v) is 5.96. The summed E-state index contributed by atoms with van der Waals surface area (Å²) in [6, 6.07) is 9.40. The first-order chi connectivity index (χ1) is 9.63. The second kappa shape index (κ2) is 5.72. The van der Waals surface area contributed by atoms with Crippen LogP contribution in [-0.4, -0.2) is 6.79 Å². The van der Waals surface area contributed by atoms with Crippen molar-refractivity contribution < 1.29 is 9.47 Å². The maximum absolute atomic E-state index is 6.20. The van der Waals surface area contributed by atoms with E-state index in [0.717, 1.165) is 15.7 Å². The van der Waals surface area contributed by atoms with Gasteiger partial charge in [0.2, 0.25) is 6.79 Å². The Morgan fingerprint density at radius 1 is 1.05 bits per heavy atom. The van der Waals surface area contributed by atoms with Crippen molar-refractivity contribution in [3.63, 3.8) is 0 Å². The van der Waals surface area contributed by atoms with Crippen LogP contribution in [0.3, 0.4) is 0 Å². The number of fused-ring (bicyclic) bond motifs is 1. The molecule has 0 aliphatic carbocycles. The monoisotopic (exact) mass is 373 g/mol. The van der Waals surface area contributed by atoms with E-state index >= 15 is 0 Å². The van der Waals surface area contributed by atoms with Crippen LogP contribution in [0.15, 0.2) is 34.8 Å². The zero-order valence-electron chi connectivity index (χ0n) is 10.3. The fourth-order valence-electron chi connectivity index (χ4n) is 1.90. The first kappa shape index (κ1) is 13.9.